The molecule has 6 rings (SSSR count). The Kier molecular flexibility index (Phi) is 6.13. The second-order valence-electron chi connectivity index (χ2n) is 9.61. The molecule has 3 aliphatic heterocycles. The molecule has 0 bridgehead atoms. The van der Waals surface area contributed by atoms with Crippen LogP contribution in [0.1, 0.15) is 12.5 Å². The number of aromatic nitrogens is 2. The third-order valence-corrected chi connectivity index (χ3v) is 6.96. The number of nitrogens with one attached hydrogen (secondary N) is 1. The van der Waals surface area contributed by atoms with Crippen LogP contribution >= 0.6 is 0 Å². The Balaban J connectivity index is 1.23. The van der Waals surface area contributed by atoms with E-state index in [2.05, 4.69) is 49.4 Å². The largest absolute Gasteiger partial charge is 0.489 e. The van der Waals surface area contributed by atoms with Gasteiger partial charge in [-0.3, -0.25) is 5.01 Å². The van der Waals surface area contributed by atoms with E-state index in [1.165, 1.54) is 0 Å². The minimum Gasteiger partial charge on any atom is -0.489 e. The van der Waals surface area contributed by atoms with Crippen LogP contribution in [0.4, 0.5) is 17.2 Å². The summed E-state index contributed by atoms with van der Waals surface area (Å²) < 4.78 is 12.3. The highest BCUT2D eigenvalue weighted by atomic mass is 16.5. The Labute approximate surface area is 216 Å². The fraction of sp³-hybridized carbons (Fsp3) is 0.321. The fourth-order valence-electron chi connectivity index (χ4n) is 5.06. The van der Waals surface area contributed by atoms with E-state index in [1.54, 1.807) is 12.5 Å². The molecule has 0 aliphatic carbocycles. The zero-order chi connectivity index (χ0) is 25.4. The van der Waals surface area contributed by atoms with Crippen molar-refractivity contribution in [1.29, 1.82) is 0 Å². The molecule has 1 saturated heterocycles. The summed E-state index contributed by atoms with van der Waals surface area (Å²) in [5.74, 6) is 3.29. The van der Waals surface area contributed by atoms with Gasteiger partial charge in [-0.2, -0.15) is 5.10 Å². The number of ether oxygens (including phenoxy) is 2. The predicted octanol–water partition coefficient (Wildman–Crippen LogP) is 4.29. The summed E-state index contributed by atoms with van der Waals surface area (Å²) in [7, 11) is 2.17. The maximum atomic E-state index is 6.13. The lowest BCUT2D eigenvalue weighted by Gasteiger charge is -2.44. The third-order valence-electron chi connectivity index (χ3n) is 6.96. The van der Waals surface area contributed by atoms with E-state index in [4.69, 9.17) is 9.47 Å². The van der Waals surface area contributed by atoms with Crippen LogP contribution in [0.5, 0.6) is 11.5 Å². The SMILES string of the molecule is C/C=N\N1C=CC(Oc2ccc(Nc3ncnc4cc5c(cc34)N3CCN(C)CC3CO5)cc2C)=CC1. The van der Waals surface area contributed by atoms with Crippen LogP contribution in [-0.4, -0.2) is 72.0 Å². The molecular formula is C28H31N7O2. The first kappa shape index (κ1) is 23.3. The number of allylic oxidation sites excluding steroid dienone is 1. The molecule has 1 unspecified atom stereocenters. The van der Waals surface area contributed by atoms with Gasteiger partial charge in [-0.25, -0.2) is 9.97 Å². The second-order valence-corrected chi connectivity index (χ2v) is 9.61. The number of hydrogen-bond acceptors (Lipinski definition) is 9. The van der Waals surface area contributed by atoms with E-state index >= 15 is 0 Å². The Hall–Kier alpha value is -4.11. The minimum atomic E-state index is 0.358. The highest BCUT2D eigenvalue weighted by Crippen LogP contribution is 2.40. The van der Waals surface area contributed by atoms with Crippen LogP contribution in [0.15, 0.2) is 65.9 Å². The van der Waals surface area contributed by atoms with Crippen molar-refractivity contribution >= 4 is 34.3 Å². The van der Waals surface area contributed by atoms with Gasteiger partial charge in [-0.05, 0) is 62.9 Å². The monoisotopic (exact) mass is 497 g/mol. The quantitative estimate of drug-likeness (QED) is 0.523. The molecule has 37 heavy (non-hydrogen) atoms. The van der Waals surface area contributed by atoms with Crippen molar-refractivity contribution in [2.45, 2.75) is 19.9 Å². The van der Waals surface area contributed by atoms with Gasteiger partial charge in [0.1, 0.15) is 36.0 Å². The first-order chi connectivity index (χ1) is 18.1. The normalized spacial score (nSPS) is 19.4. The molecule has 0 spiro atoms. The lowest BCUT2D eigenvalue weighted by Crippen LogP contribution is -2.56. The van der Waals surface area contributed by atoms with Crippen molar-refractivity contribution < 1.29 is 9.47 Å². The average Bonchev–Trinajstić information content (AvgIpc) is 2.90. The first-order valence-electron chi connectivity index (χ1n) is 12.6. The summed E-state index contributed by atoms with van der Waals surface area (Å²) in [5, 5.41) is 10.6. The summed E-state index contributed by atoms with van der Waals surface area (Å²) in [5.41, 5.74) is 3.94. The maximum Gasteiger partial charge on any atom is 0.144 e. The Bertz CT molecular complexity index is 1420. The van der Waals surface area contributed by atoms with Gasteiger partial charge >= 0.3 is 0 Å². The summed E-state index contributed by atoms with van der Waals surface area (Å²) in [6.07, 6.45) is 9.21. The number of likely N-dealkylation sites (N-methyl/N-ethyl adjacent to an activating group) is 1. The highest BCUT2D eigenvalue weighted by molar-refractivity contribution is 5.95. The zero-order valence-electron chi connectivity index (χ0n) is 21.4. The van der Waals surface area contributed by atoms with Gasteiger partial charge in [0.15, 0.2) is 0 Å². The summed E-state index contributed by atoms with van der Waals surface area (Å²) in [6.45, 7) is 8.34. The summed E-state index contributed by atoms with van der Waals surface area (Å²) in [4.78, 5) is 13.9. The van der Waals surface area contributed by atoms with E-state index in [0.717, 1.165) is 70.6 Å². The van der Waals surface area contributed by atoms with E-state index in [0.29, 0.717) is 19.2 Å². The predicted molar refractivity (Wildman–Crippen MR) is 147 cm³/mol. The lowest BCUT2D eigenvalue weighted by molar-refractivity contribution is 0.188. The second kappa shape index (κ2) is 9.74. The Morgan fingerprint density at radius 3 is 2.92 bits per heavy atom. The molecule has 3 aliphatic rings. The number of fused-ring (bicyclic) bond motifs is 4. The number of rotatable bonds is 5. The van der Waals surface area contributed by atoms with Crippen molar-refractivity contribution in [3.8, 4) is 11.5 Å². The molecule has 1 fully saturated rings. The van der Waals surface area contributed by atoms with E-state index in [9.17, 15) is 0 Å². The molecule has 9 heteroatoms. The molecular weight excluding hydrogens is 466 g/mol. The fourth-order valence-corrected chi connectivity index (χ4v) is 5.06. The van der Waals surface area contributed by atoms with Crippen molar-refractivity contribution in [3.63, 3.8) is 0 Å². The molecule has 1 N–H and O–H groups in total. The number of piperazine rings is 1. The Morgan fingerprint density at radius 1 is 1.19 bits per heavy atom. The van der Waals surface area contributed by atoms with Crippen LogP contribution in [0, 0.1) is 6.92 Å². The minimum absolute atomic E-state index is 0.358. The van der Waals surface area contributed by atoms with Gasteiger partial charge in [0.05, 0.1) is 23.8 Å². The van der Waals surface area contributed by atoms with Gasteiger partial charge < -0.3 is 24.6 Å². The van der Waals surface area contributed by atoms with Crippen molar-refractivity contribution in [1.82, 2.24) is 19.9 Å². The molecule has 0 saturated carbocycles. The molecule has 0 amide bonds. The molecule has 1 atom stereocenters. The van der Waals surface area contributed by atoms with Gasteiger partial charge in [-0.15, -0.1) is 0 Å². The van der Waals surface area contributed by atoms with Gasteiger partial charge in [0.25, 0.3) is 0 Å². The maximum absolute atomic E-state index is 6.13. The molecule has 3 aromatic rings. The number of benzene rings is 2. The van der Waals surface area contributed by atoms with Crippen LogP contribution in [0.25, 0.3) is 10.9 Å². The topological polar surface area (TPSA) is 78.3 Å². The zero-order valence-corrected chi connectivity index (χ0v) is 21.4. The number of hydrogen-bond donors (Lipinski definition) is 1. The smallest absolute Gasteiger partial charge is 0.144 e. The number of nitrogens with zero attached hydrogens (tertiary/aromatic N) is 6. The average molecular weight is 498 g/mol. The lowest BCUT2D eigenvalue weighted by atomic mass is 10.1. The molecule has 4 heterocycles. The van der Waals surface area contributed by atoms with Crippen LogP contribution in [0.3, 0.4) is 0 Å². The van der Waals surface area contributed by atoms with E-state index in [-0.39, 0.29) is 0 Å². The van der Waals surface area contributed by atoms with Gasteiger partial charge in [0.2, 0.25) is 0 Å². The molecule has 9 nitrogen and oxygen atoms in total. The summed E-state index contributed by atoms with van der Waals surface area (Å²) >= 11 is 0. The van der Waals surface area contributed by atoms with E-state index in [1.807, 2.05) is 55.4 Å². The van der Waals surface area contributed by atoms with Crippen molar-refractivity contribution in [2.24, 2.45) is 5.10 Å². The highest BCUT2D eigenvalue weighted by Gasteiger charge is 2.32. The van der Waals surface area contributed by atoms with E-state index < -0.39 is 0 Å². The summed E-state index contributed by atoms with van der Waals surface area (Å²) in [6, 6.07) is 10.6. The van der Waals surface area contributed by atoms with Gasteiger partial charge in [0, 0.05) is 49.2 Å². The van der Waals surface area contributed by atoms with Crippen LogP contribution in [0.2, 0.25) is 0 Å². The number of aryl methyl sites for hydroxylation is 1. The van der Waals surface area contributed by atoms with Crippen molar-refractivity contribution in [3.05, 3.63) is 66.3 Å². The Morgan fingerprint density at radius 2 is 2.11 bits per heavy atom. The van der Waals surface area contributed by atoms with Crippen LogP contribution in [-0.2, 0) is 0 Å². The molecule has 0 radical (unpaired) electrons. The molecule has 1 aromatic heterocycles. The number of anilines is 3. The standard InChI is InChI=1S/C28H31N7O2/c1-4-31-34-9-7-22(8-10-34)37-26-6-5-20(13-19(26)2)32-28-23-14-25-27(15-24(23)29-18-30-28)36-17-21-16-33(3)11-12-35(21)25/h4-9,13-15,18,21H,10-12,16-17H2,1-3H3,(H,29,30,32)/b31-4-. The van der Waals surface area contributed by atoms with Crippen molar-refractivity contribution in [2.75, 3.05) is 50.1 Å². The molecule has 190 valence electrons. The number of hydrazone groups is 1. The molecule has 2 aromatic carbocycles. The first-order valence-corrected chi connectivity index (χ1v) is 12.6. The third kappa shape index (κ3) is 4.70. The van der Waals surface area contributed by atoms with Gasteiger partial charge in [-0.1, -0.05) is 0 Å². The van der Waals surface area contributed by atoms with Crippen LogP contribution < -0.4 is 19.7 Å².